The zero-order chi connectivity index (χ0) is 25.4. The molecule has 188 valence electrons. The number of nitrogens with zero attached hydrogens (tertiary/aromatic N) is 4. The summed E-state index contributed by atoms with van der Waals surface area (Å²) in [5.41, 5.74) is 8.80. The van der Waals surface area contributed by atoms with Crippen LogP contribution in [0, 0.1) is 30.1 Å². The van der Waals surface area contributed by atoms with Gasteiger partial charge in [0.1, 0.15) is 5.52 Å². The van der Waals surface area contributed by atoms with Crippen molar-refractivity contribution in [2.24, 2.45) is 28.3 Å². The lowest BCUT2D eigenvalue weighted by atomic mass is 9.59. The summed E-state index contributed by atoms with van der Waals surface area (Å²) in [7, 11) is -4.67. The molecule has 3 aromatic rings. The molecule has 1 fully saturated rings. The summed E-state index contributed by atoms with van der Waals surface area (Å²) in [5, 5.41) is 14.2. The Hall–Kier alpha value is -2.89. The minimum atomic E-state index is -4.67. The normalized spacial score (nSPS) is 24.1. The van der Waals surface area contributed by atoms with E-state index in [4.69, 9.17) is 17.5 Å². The summed E-state index contributed by atoms with van der Waals surface area (Å²) in [6.07, 6.45) is 9.42. The first-order valence-corrected chi connectivity index (χ1v) is 13.1. The molecule has 0 spiro atoms. The van der Waals surface area contributed by atoms with Gasteiger partial charge >= 0.3 is 10.4 Å². The molecule has 2 aliphatic carbocycles. The summed E-state index contributed by atoms with van der Waals surface area (Å²) < 4.78 is 31.6. The molecule has 0 radical (unpaired) electrons. The van der Waals surface area contributed by atoms with Crippen molar-refractivity contribution in [1.29, 1.82) is 0 Å². The van der Waals surface area contributed by atoms with Crippen LogP contribution in [0.3, 0.4) is 0 Å². The zero-order valence-electron chi connectivity index (χ0n) is 20.4. The van der Waals surface area contributed by atoms with Gasteiger partial charge in [-0.05, 0) is 67.9 Å². The number of allylic oxidation sites excluding steroid dienone is 2. The number of benzene rings is 1. The average Bonchev–Trinajstić information content (AvgIpc) is 3.10. The highest BCUT2D eigenvalue weighted by Crippen LogP contribution is 2.50. The monoisotopic (exact) mass is 500 g/mol. The van der Waals surface area contributed by atoms with Crippen LogP contribution in [0.2, 0.25) is 0 Å². The van der Waals surface area contributed by atoms with Gasteiger partial charge in [0.2, 0.25) is 0 Å². The standard InChI is InChI=1S/C24H30N6.H2O4S/c1-14-7-8-20-18(10-14)21-22(26-20)27-23(30-28-21)29-25-13-17-12-19-16(11-15(17)2)6-5-9-24(19,3)4;1-5(2,3)4/h6-8,10,13,15,17,19H,5,9,11-12H2,1-4H3,(H2,26,27,29,30);(H2,1,2,3,4)/b25-13+;. The lowest BCUT2D eigenvalue weighted by molar-refractivity contribution is 0.149. The Labute approximate surface area is 204 Å². The van der Waals surface area contributed by atoms with Crippen LogP contribution in [0.25, 0.3) is 22.1 Å². The van der Waals surface area contributed by atoms with E-state index < -0.39 is 10.4 Å². The highest BCUT2D eigenvalue weighted by atomic mass is 32.3. The summed E-state index contributed by atoms with van der Waals surface area (Å²) in [4.78, 5) is 7.89. The highest BCUT2D eigenvalue weighted by molar-refractivity contribution is 7.79. The Morgan fingerprint density at radius 3 is 2.74 bits per heavy atom. The number of hydrogen-bond donors (Lipinski definition) is 4. The lowest BCUT2D eigenvalue weighted by Gasteiger charge is -2.46. The third-order valence-electron chi connectivity index (χ3n) is 7.18. The highest BCUT2D eigenvalue weighted by Gasteiger charge is 2.40. The number of H-pyrrole nitrogens is 1. The van der Waals surface area contributed by atoms with Gasteiger partial charge in [0.15, 0.2) is 5.65 Å². The fraction of sp³-hybridized carbons (Fsp3) is 0.500. The Morgan fingerprint density at radius 1 is 1.26 bits per heavy atom. The van der Waals surface area contributed by atoms with Crippen molar-refractivity contribution in [2.75, 3.05) is 5.43 Å². The minimum Gasteiger partial charge on any atom is -0.338 e. The van der Waals surface area contributed by atoms with E-state index in [-0.39, 0.29) is 0 Å². The number of fused-ring (bicyclic) bond motifs is 4. The van der Waals surface area contributed by atoms with E-state index in [1.165, 1.54) is 31.2 Å². The average molecular weight is 501 g/mol. The van der Waals surface area contributed by atoms with E-state index in [0.29, 0.717) is 29.1 Å². The molecule has 10 nitrogen and oxygen atoms in total. The summed E-state index contributed by atoms with van der Waals surface area (Å²) in [5.74, 6) is 2.15. The van der Waals surface area contributed by atoms with Gasteiger partial charge in [-0.25, -0.2) is 5.43 Å². The topological polar surface area (TPSA) is 153 Å². The number of hydrogen-bond acceptors (Lipinski definition) is 7. The van der Waals surface area contributed by atoms with Gasteiger partial charge in [-0.3, -0.25) is 9.11 Å². The van der Waals surface area contributed by atoms with Crippen molar-refractivity contribution in [2.45, 2.75) is 53.4 Å². The first kappa shape index (κ1) is 25.2. The van der Waals surface area contributed by atoms with Gasteiger partial charge in [-0.15, -0.1) is 10.2 Å². The Kier molecular flexibility index (Phi) is 6.94. The first-order valence-electron chi connectivity index (χ1n) is 11.7. The number of aromatic nitrogens is 4. The number of anilines is 1. The van der Waals surface area contributed by atoms with Crippen LogP contribution >= 0.6 is 0 Å². The predicted octanol–water partition coefficient (Wildman–Crippen LogP) is 4.97. The SMILES string of the molecule is Cc1ccc2[nH]c3nc(N/N=C/C4CC5C(=CCCC5(C)C)CC4C)nnc3c2c1.O=S(=O)(O)O. The maximum atomic E-state index is 8.74. The second-order valence-corrected chi connectivity index (χ2v) is 11.2. The molecule has 3 atom stereocenters. The summed E-state index contributed by atoms with van der Waals surface area (Å²) in [6, 6.07) is 6.24. The van der Waals surface area contributed by atoms with Gasteiger partial charge in [0.05, 0.1) is 0 Å². The van der Waals surface area contributed by atoms with Crippen LogP contribution in [-0.2, 0) is 10.4 Å². The van der Waals surface area contributed by atoms with E-state index in [1.54, 1.807) is 5.57 Å². The second kappa shape index (κ2) is 9.63. The second-order valence-electron chi connectivity index (χ2n) is 10.3. The van der Waals surface area contributed by atoms with E-state index in [9.17, 15) is 0 Å². The summed E-state index contributed by atoms with van der Waals surface area (Å²) >= 11 is 0. The molecule has 2 heterocycles. The molecule has 0 amide bonds. The van der Waals surface area contributed by atoms with Crippen LogP contribution in [0.4, 0.5) is 5.95 Å². The molecule has 0 aliphatic heterocycles. The van der Waals surface area contributed by atoms with Crippen molar-refractivity contribution in [3.05, 3.63) is 35.4 Å². The van der Waals surface area contributed by atoms with Crippen molar-refractivity contribution in [3.8, 4) is 0 Å². The van der Waals surface area contributed by atoms with Crippen LogP contribution in [-0.4, -0.2) is 43.9 Å². The molecule has 4 N–H and O–H groups in total. The smallest absolute Gasteiger partial charge is 0.338 e. The molecule has 0 bridgehead atoms. The fourth-order valence-corrected chi connectivity index (χ4v) is 5.30. The van der Waals surface area contributed by atoms with Gasteiger partial charge in [-0.1, -0.05) is 44.1 Å². The Balaban J connectivity index is 0.000000527. The predicted molar refractivity (Wildman–Crippen MR) is 137 cm³/mol. The molecule has 0 saturated heterocycles. The third-order valence-corrected chi connectivity index (χ3v) is 7.18. The zero-order valence-corrected chi connectivity index (χ0v) is 21.2. The molecule has 3 unspecified atom stereocenters. The Morgan fingerprint density at radius 2 is 2.00 bits per heavy atom. The molecule has 2 aromatic heterocycles. The van der Waals surface area contributed by atoms with Crippen molar-refractivity contribution in [3.63, 3.8) is 0 Å². The first-order chi connectivity index (χ1) is 16.4. The van der Waals surface area contributed by atoms with E-state index in [0.717, 1.165) is 22.1 Å². The summed E-state index contributed by atoms with van der Waals surface area (Å²) in [6.45, 7) is 9.25. The number of aromatic amines is 1. The fourth-order valence-electron chi connectivity index (χ4n) is 5.30. The van der Waals surface area contributed by atoms with Crippen LogP contribution in [0.15, 0.2) is 34.9 Å². The third kappa shape index (κ3) is 6.03. The van der Waals surface area contributed by atoms with Crippen LogP contribution in [0.1, 0.15) is 52.0 Å². The number of nitrogens with one attached hydrogen (secondary N) is 2. The van der Waals surface area contributed by atoms with Gasteiger partial charge in [-0.2, -0.15) is 18.5 Å². The molecule has 5 rings (SSSR count). The van der Waals surface area contributed by atoms with Crippen molar-refractivity contribution < 1.29 is 17.5 Å². The van der Waals surface area contributed by atoms with Crippen LogP contribution in [0.5, 0.6) is 0 Å². The van der Waals surface area contributed by atoms with Gasteiger partial charge < -0.3 is 4.98 Å². The molecule has 35 heavy (non-hydrogen) atoms. The van der Waals surface area contributed by atoms with Crippen LogP contribution < -0.4 is 5.43 Å². The van der Waals surface area contributed by atoms with E-state index in [2.05, 4.69) is 88.9 Å². The lowest BCUT2D eigenvalue weighted by Crippen LogP contribution is -2.36. The molecular weight excluding hydrogens is 468 g/mol. The maximum absolute atomic E-state index is 8.74. The molecule has 11 heteroatoms. The molecule has 1 aromatic carbocycles. The quantitative estimate of drug-likeness (QED) is 0.170. The molecule has 1 saturated carbocycles. The minimum absolute atomic E-state index is 0.385. The number of hydrazone groups is 1. The van der Waals surface area contributed by atoms with Crippen molar-refractivity contribution in [1.82, 2.24) is 20.2 Å². The van der Waals surface area contributed by atoms with Gasteiger partial charge in [0.25, 0.3) is 5.95 Å². The number of aryl methyl sites for hydroxylation is 1. The molecular formula is C24H32N6O4S. The molecule has 2 aliphatic rings. The van der Waals surface area contributed by atoms with Crippen molar-refractivity contribution >= 4 is 44.6 Å². The Bertz CT molecular complexity index is 1390. The number of rotatable bonds is 3. The van der Waals surface area contributed by atoms with E-state index in [1.807, 2.05) is 0 Å². The largest absolute Gasteiger partial charge is 0.394 e. The van der Waals surface area contributed by atoms with Gasteiger partial charge in [0, 0.05) is 17.1 Å². The maximum Gasteiger partial charge on any atom is 0.394 e. The van der Waals surface area contributed by atoms with E-state index >= 15 is 0 Å².